The summed E-state index contributed by atoms with van der Waals surface area (Å²) in [5.74, 6) is 0. The van der Waals surface area contributed by atoms with Crippen molar-refractivity contribution < 1.29 is 0 Å². The van der Waals surface area contributed by atoms with E-state index in [9.17, 15) is 0 Å². The van der Waals surface area contributed by atoms with Crippen molar-refractivity contribution in [2.24, 2.45) is 0 Å². The summed E-state index contributed by atoms with van der Waals surface area (Å²) in [6.45, 7) is 0. The van der Waals surface area contributed by atoms with Crippen LogP contribution in [0.3, 0.4) is 0 Å². The highest BCUT2D eigenvalue weighted by Gasteiger charge is 2.17. The molecule has 0 radical (unpaired) electrons. The van der Waals surface area contributed by atoms with E-state index in [0.29, 0.717) is 5.11 Å². The van der Waals surface area contributed by atoms with Crippen molar-refractivity contribution in [2.45, 2.75) is 6.04 Å². The summed E-state index contributed by atoms with van der Waals surface area (Å²) >= 11 is 7.63. The van der Waals surface area contributed by atoms with Gasteiger partial charge in [0.2, 0.25) is 0 Å². The molecule has 1 aliphatic heterocycles. The summed E-state index contributed by atoms with van der Waals surface area (Å²) in [4.78, 5) is 0. The average molecular weight is 392 g/mol. The molecule has 3 rings (SSSR count). The molecule has 1 atom stereocenters. The Morgan fingerprint density at radius 1 is 0.950 bits per heavy atom. The van der Waals surface area contributed by atoms with E-state index in [1.54, 1.807) is 0 Å². The van der Waals surface area contributed by atoms with E-state index in [1.807, 2.05) is 18.2 Å². The molecule has 1 aliphatic rings. The van der Waals surface area contributed by atoms with Crippen molar-refractivity contribution in [2.75, 3.05) is 0 Å². The van der Waals surface area contributed by atoms with E-state index < -0.39 is 0 Å². The molecule has 0 aliphatic carbocycles. The smallest absolute Gasteiger partial charge is 0.171 e. The number of nitrogens with one attached hydrogen (secondary N) is 2. The molecule has 0 saturated heterocycles. The van der Waals surface area contributed by atoms with Gasteiger partial charge in [0, 0.05) is 9.27 Å². The predicted octanol–water partition coefficient (Wildman–Crippen LogP) is 3.85. The maximum absolute atomic E-state index is 5.32. The van der Waals surface area contributed by atoms with Gasteiger partial charge in [0.05, 0.1) is 6.04 Å². The summed E-state index contributed by atoms with van der Waals surface area (Å²) in [6.07, 6.45) is 2.17. The third kappa shape index (κ3) is 3.02. The Hall–Kier alpha value is -1.40. The summed E-state index contributed by atoms with van der Waals surface area (Å²) in [6, 6.07) is 18.8. The maximum Gasteiger partial charge on any atom is 0.171 e. The number of benzene rings is 2. The summed E-state index contributed by atoms with van der Waals surface area (Å²) < 4.78 is 1.23. The normalized spacial score (nSPS) is 17.9. The van der Waals surface area contributed by atoms with Crippen LogP contribution in [0.2, 0.25) is 0 Å². The highest BCUT2D eigenvalue weighted by Crippen LogP contribution is 2.23. The van der Waals surface area contributed by atoms with Gasteiger partial charge in [0.25, 0.3) is 0 Å². The van der Waals surface area contributed by atoms with E-state index in [2.05, 4.69) is 75.7 Å². The number of hydrogen-bond donors (Lipinski definition) is 2. The van der Waals surface area contributed by atoms with Crippen LogP contribution in [0.4, 0.5) is 0 Å². The number of halogens is 1. The van der Waals surface area contributed by atoms with Crippen molar-refractivity contribution in [1.29, 1.82) is 0 Å². The first kappa shape index (κ1) is 13.6. The molecule has 4 heteroatoms. The monoisotopic (exact) mass is 392 g/mol. The molecule has 0 bridgehead atoms. The van der Waals surface area contributed by atoms with Crippen LogP contribution in [0.25, 0.3) is 5.70 Å². The molecule has 0 saturated carbocycles. The molecule has 0 spiro atoms. The van der Waals surface area contributed by atoms with Gasteiger partial charge in [-0.15, -0.1) is 0 Å². The van der Waals surface area contributed by atoms with Gasteiger partial charge in [-0.2, -0.15) is 0 Å². The van der Waals surface area contributed by atoms with Crippen LogP contribution < -0.4 is 10.6 Å². The molecule has 0 aromatic heterocycles. The van der Waals surface area contributed by atoms with Gasteiger partial charge in [0.15, 0.2) is 5.11 Å². The lowest BCUT2D eigenvalue weighted by molar-refractivity contribution is 0.765. The molecular formula is C16H13IN2S. The van der Waals surface area contributed by atoms with Crippen molar-refractivity contribution in [3.05, 3.63) is 75.4 Å². The molecule has 0 amide bonds. The number of thiocarbonyl (C=S) groups is 1. The summed E-state index contributed by atoms with van der Waals surface area (Å²) in [5.41, 5.74) is 3.41. The number of hydrogen-bond acceptors (Lipinski definition) is 1. The highest BCUT2D eigenvalue weighted by atomic mass is 127. The lowest BCUT2D eigenvalue weighted by atomic mass is 10.0. The molecule has 1 heterocycles. The van der Waals surface area contributed by atoms with Crippen LogP contribution in [0, 0.1) is 3.57 Å². The second-order valence-corrected chi connectivity index (χ2v) is 6.23. The van der Waals surface area contributed by atoms with Crippen LogP contribution in [-0.4, -0.2) is 5.11 Å². The van der Waals surface area contributed by atoms with E-state index in [4.69, 9.17) is 12.2 Å². The molecule has 1 unspecified atom stereocenters. The summed E-state index contributed by atoms with van der Waals surface area (Å²) in [7, 11) is 0. The third-order valence-corrected chi connectivity index (χ3v) is 4.12. The van der Waals surface area contributed by atoms with Gasteiger partial charge in [0.1, 0.15) is 0 Å². The molecular weight excluding hydrogens is 379 g/mol. The van der Waals surface area contributed by atoms with E-state index >= 15 is 0 Å². The third-order valence-electron chi connectivity index (χ3n) is 3.18. The van der Waals surface area contributed by atoms with Gasteiger partial charge in [-0.1, -0.05) is 42.5 Å². The number of rotatable bonds is 2. The summed E-state index contributed by atoms with van der Waals surface area (Å²) in [5, 5.41) is 7.18. The zero-order valence-corrected chi connectivity index (χ0v) is 13.6. The van der Waals surface area contributed by atoms with Crippen molar-refractivity contribution in [1.82, 2.24) is 10.6 Å². The largest absolute Gasteiger partial charge is 0.352 e. The fraction of sp³-hybridized carbons (Fsp3) is 0.0625. The topological polar surface area (TPSA) is 24.1 Å². The Balaban J connectivity index is 1.96. The van der Waals surface area contributed by atoms with Gasteiger partial charge in [-0.05, 0) is 64.1 Å². The molecule has 2 aromatic rings. The zero-order valence-electron chi connectivity index (χ0n) is 10.6. The van der Waals surface area contributed by atoms with Crippen LogP contribution in [0.5, 0.6) is 0 Å². The average Bonchev–Trinajstić information content (AvgIpc) is 2.48. The minimum Gasteiger partial charge on any atom is -0.352 e. The molecule has 2 N–H and O–H groups in total. The minimum absolute atomic E-state index is 0.110. The fourth-order valence-electron chi connectivity index (χ4n) is 2.19. The molecule has 2 aromatic carbocycles. The zero-order chi connectivity index (χ0) is 13.9. The minimum atomic E-state index is 0.110. The second kappa shape index (κ2) is 5.93. The highest BCUT2D eigenvalue weighted by molar-refractivity contribution is 14.1. The lowest BCUT2D eigenvalue weighted by Gasteiger charge is -2.26. The van der Waals surface area contributed by atoms with Crippen LogP contribution in [-0.2, 0) is 0 Å². The Morgan fingerprint density at radius 3 is 2.35 bits per heavy atom. The van der Waals surface area contributed by atoms with Crippen molar-refractivity contribution in [3.8, 4) is 0 Å². The molecule has 20 heavy (non-hydrogen) atoms. The van der Waals surface area contributed by atoms with Gasteiger partial charge < -0.3 is 10.6 Å². The standard InChI is InChI=1S/C16H13IN2S/c17-13-8-6-12(7-9-13)15-10-14(18-16(20)19-15)11-4-2-1-3-5-11/h1-10,14H,(H2,18,19,20). The van der Waals surface area contributed by atoms with E-state index in [-0.39, 0.29) is 6.04 Å². The Morgan fingerprint density at radius 2 is 1.65 bits per heavy atom. The van der Waals surface area contributed by atoms with Crippen LogP contribution in [0.1, 0.15) is 17.2 Å². The van der Waals surface area contributed by atoms with Crippen molar-refractivity contribution >= 4 is 45.6 Å². The quantitative estimate of drug-likeness (QED) is 0.600. The molecule has 0 fully saturated rings. The van der Waals surface area contributed by atoms with Crippen LogP contribution >= 0.6 is 34.8 Å². The van der Waals surface area contributed by atoms with Gasteiger partial charge in [-0.3, -0.25) is 0 Å². The molecule has 100 valence electrons. The SMILES string of the molecule is S=C1NC(c2ccc(I)cc2)=CC(c2ccccc2)N1. The first-order valence-electron chi connectivity index (χ1n) is 6.32. The molecule has 2 nitrogen and oxygen atoms in total. The van der Waals surface area contributed by atoms with Gasteiger partial charge >= 0.3 is 0 Å². The second-order valence-electron chi connectivity index (χ2n) is 4.57. The maximum atomic E-state index is 5.32. The lowest BCUT2D eigenvalue weighted by Crippen LogP contribution is -2.40. The van der Waals surface area contributed by atoms with E-state index in [0.717, 1.165) is 11.3 Å². The first-order valence-corrected chi connectivity index (χ1v) is 7.81. The Labute approximate surface area is 137 Å². The van der Waals surface area contributed by atoms with Gasteiger partial charge in [-0.25, -0.2) is 0 Å². The Bertz CT molecular complexity index is 650. The van der Waals surface area contributed by atoms with Crippen molar-refractivity contribution in [3.63, 3.8) is 0 Å². The predicted molar refractivity (Wildman–Crippen MR) is 95.2 cm³/mol. The van der Waals surface area contributed by atoms with E-state index in [1.165, 1.54) is 9.13 Å². The Kier molecular flexibility index (Phi) is 4.03. The van der Waals surface area contributed by atoms with Crippen LogP contribution in [0.15, 0.2) is 60.7 Å². The first-order chi connectivity index (χ1) is 9.72. The fourth-order valence-corrected chi connectivity index (χ4v) is 2.78.